The van der Waals surface area contributed by atoms with E-state index in [1.807, 2.05) is 0 Å². The number of phenolic OH excluding ortho intramolecular Hbond substituents is 1. The third-order valence-corrected chi connectivity index (χ3v) is 3.25. The Morgan fingerprint density at radius 3 is 2.50 bits per heavy atom. The van der Waals surface area contributed by atoms with Gasteiger partial charge in [0.25, 0.3) is 0 Å². The van der Waals surface area contributed by atoms with Crippen molar-refractivity contribution in [3.8, 4) is 11.5 Å². The lowest BCUT2D eigenvalue weighted by atomic mass is 10.1. The molecule has 0 fully saturated rings. The summed E-state index contributed by atoms with van der Waals surface area (Å²) in [6, 6.07) is 9.89. The number of carboxylic acid groups (broad SMARTS) is 1. The molecule has 0 aromatic heterocycles. The first kappa shape index (κ1) is 14.4. The summed E-state index contributed by atoms with van der Waals surface area (Å²) in [5.74, 6) is -0.497. The van der Waals surface area contributed by atoms with Crippen LogP contribution >= 0.6 is 15.9 Å². The van der Waals surface area contributed by atoms with Gasteiger partial charge in [0, 0.05) is 4.47 Å². The van der Waals surface area contributed by atoms with E-state index in [2.05, 4.69) is 15.9 Å². The zero-order chi connectivity index (χ0) is 14.7. The fourth-order valence-electron chi connectivity index (χ4n) is 1.83. The molecule has 2 rings (SSSR count). The van der Waals surface area contributed by atoms with Crippen molar-refractivity contribution in [2.24, 2.45) is 0 Å². The van der Waals surface area contributed by atoms with Crippen LogP contribution in [0.1, 0.15) is 21.5 Å². The van der Waals surface area contributed by atoms with E-state index in [-0.39, 0.29) is 17.9 Å². The lowest BCUT2D eigenvalue weighted by molar-refractivity contribution is 0.0691. The van der Waals surface area contributed by atoms with Gasteiger partial charge in [-0.05, 0) is 42.3 Å². The number of phenols is 1. The number of aryl methyl sites for hydroxylation is 1. The highest BCUT2D eigenvalue weighted by Crippen LogP contribution is 2.29. The number of rotatable bonds is 4. The largest absolute Gasteiger partial charge is 0.508 e. The fraction of sp³-hybridized carbons (Fsp3) is 0.133. The molecule has 0 heterocycles. The zero-order valence-corrected chi connectivity index (χ0v) is 12.3. The van der Waals surface area contributed by atoms with E-state index in [1.54, 1.807) is 37.3 Å². The van der Waals surface area contributed by atoms with Crippen LogP contribution in [-0.2, 0) is 6.61 Å². The highest BCUT2D eigenvalue weighted by Gasteiger charge is 2.15. The maximum Gasteiger partial charge on any atom is 0.339 e. The first-order chi connectivity index (χ1) is 9.47. The minimum atomic E-state index is -1.03. The summed E-state index contributed by atoms with van der Waals surface area (Å²) in [4.78, 5) is 11.2. The van der Waals surface area contributed by atoms with Gasteiger partial charge in [0.05, 0.1) is 0 Å². The molecule has 2 aromatic carbocycles. The third-order valence-electron chi connectivity index (χ3n) is 2.79. The van der Waals surface area contributed by atoms with E-state index in [1.165, 1.54) is 6.07 Å². The predicted octanol–water partition coefficient (Wildman–Crippen LogP) is 3.74. The van der Waals surface area contributed by atoms with Gasteiger partial charge in [0.2, 0.25) is 0 Å². The average Bonchev–Trinajstić information content (AvgIpc) is 2.38. The number of aromatic carboxylic acids is 1. The standard InChI is InChI=1S/C15H13BrO4/c1-9-6-11(16)7-13(15(18)19)14(9)20-8-10-2-4-12(17)5-3-10/h2-7,17H,8H2,1H3,(H,18,19). The highest BCUT2D eigenvalue weighted by molar-refractivity contribution is 9.10. The van der Waals surface area contributed by atoms with Gasteiger partial charge in [-0.3, -0.25) is 0 Å². The van der Waals surface area contributed by atoms with Crippen LogP contribution in [-0.4, -0.2) is 16.2 Å². The molecule has 0 bridgehead atoms. The number of carbonyl (C=O) groups is 1. The maximum atomic E-state index is 11.2. The van der Waals surface area contributed by atoms with Gasteiger partial charge in [0.15, 0.2) is 0 Å². The smallest absolute Gasteiger partial charge is 0.339 e. The first-order valence-corrected chi connectivity index (χ1v) is 6.71. The molecule has 5 heteroatoms. The Balaban J connectivity index is 2.24. The molecule has 0 saturated carbocycles. The van der Waals surface area contributed by atoms with Crippen molar-refractivity contribution >= 4 is 21.9 Å². The van der Waals surface area contributed by atoms with E-state index in [9.17, 15) is 15.0 Å². The van der Waals surface area contributed by atoms with Gasteiger partial charge < -0.3 is 14.9 Å². The molecular weight excluding hydrogens is 324 g/mol. The minimum Gasteiger partial charge on any atom is -0.508 e. The Kier molecular flexibility index (Phi) is 4.29. The second-order valence-corrected chi connectivity index (χ2v) is 5.28. The van der Waals surface area contributed by atoms with Crippen LogP contribution in [0.5, 0.6) is 11.5 Å². The van der Waals surface area contributed by atoms with Crippen LogP contribution in [0.3, 0.4) is 0 Å². The molecule has 0 spiro atoms. The van der Waals surface area contributed by atoms with Gasteiger partial charge in [-0.1, -0.05) is 28.1 Å². The lowest BCUT2D eigenvalue weighted by Gasteiger charge is -2.13. The van der Waals surface area contributed by atoms with Crippen LogP contribution in [0.15, 0.2) is 40.9 Å². The topological polar surface area (TPSA) is 66.8 Å². The summed E-state index contributed by atoms with van der Waals surface area (Å²) in [7, 11) is 0. The van der Waals surface area contributed by atoms with Gasteiger partial charge in [-0.25, -0.2) is 4.79 Å². The minimum absolute atomic E-state index is 0.121. The monoisotopic (exact) mass is 336 g/mol. The van der Waals surface area contributed by atoms with Gasteiger partial charge in [-0.2, -0.15) is 0 Å². The molecule has 0 aliphatic rings. The highest BCUT2D eigenvalue weighted by atomic mass is 79.9. The normalized spacial score (nSPS) is 10.3. The summed E-state index contributed by atoms with van der Waals surface area (Å²) in [6.45, 7) is 2.03. The Morgan fingerprint density at radius 1 is 1.25 bits per heavy atom. The van der Waals surface area contributed by atoms with E-state index in [0.29, 0.717) is 10.2 Å². The SMILES string of the molecule is Cc1cc(Br)cc(C(=O)O)c1OCc1ccc(O)cc1. The molecule has 0 atom stereocenters. The number of ether oxygens (including phenoxy) is 1. The summed E-state index contributed by atoms with van der Waals surface area (Å²) in [5, 5.41) is 18.4. The average molecular weight is 337 g/mol. The number of halogens is 1. The van der Waals surface area contributed by atoms with Crippen LogP contribution in [0, 0.1) is 6.92 Å². The number of benzene rings is 2. The van der Waals surface area contributed by atoms with Crippen LogP contribution < -0.4 is 4.74 Å². The Labute approximate surface area is 124 Å². The zero-order valence-electron chi connectivity index (χ0n) is 10.8. The molecule has 0 unspecified atom stereocenters. The van der Waals surface area contributed by atoms with Crippen molar-refractivity contribution in [3.63, 3.8) is 0 Å². The second-order valence-electron chi connectivity index (χ2n) is 4.36. The van der Waals surface area contributed by atoms with E-state index < -0.39 is 5.97 Å². The maximum absolute atomic E-state index is 11.2. The third kappa shape index (κ3) is 3.30. The molecule has 0 aliphatic heterocycles. The Morgan fingerprint density at radius 2 is 1.90 bits per heavy atom. The molecule has 20 heavy (non-hydrogen) atoms. The van der Waals surface area contributed by atoms with Crippen LogP contribution in [0.4, 0.5) is 0 Å². The number of hydrogen-bond acceptors (Lipinski definition) is 3. The van der Waals surface area contributed by atoms with E-state index in [0.717, 1.165) is 11.1 Å². The quantitative estimate of drug-likeness (QED) is 0.892. The Bertz CT molecular complexity index is 635. The predicted molar refractivity (Wildman–Crippen MR) is 78.3 cm³/mol. The first-order valence-electron chi connectivity index (χ1n) is 5.91. The summed E-state index contributed by atoms with van der Waals surface area (Å²) in [5.41, 5.74) is 1.72. The molecule has 104 valence electrons. The summed E-state index contributed by atoms with van der Waals surface area (Å²) < 4.78 is 6.33. The lowest BCUT2D eigenvalue weighted by Crippen LogP contribution is -2.05. The Hall–Kier alpha value is -2.01. The summed E-state index contributed by atoms with van der Waals surface area (Å²) >= 11 is 3.27. The van der Waals surface area contributed by atoms with Crippen molar-refractivity contribution in [1.82, 2.24) is 0 Å². The molecular formula is C15H13BrO4. The molecule has 2 aromatic rings. The molecule has 0 amide bonds. The number of carboxylic acids is 1. The number of aromatic hydroxyl groups is 1. The molecule has 0 saturated heterocycles. The summed E-state index contributed by atoms with van der Waals surface area (Å²) in [6.07, 6.45) is 0. The van der Waals surface area contributed by atoms with E-state index in [4.69, 9.17) is 4.74 Å². The van der Waals surface area contributed by atoms with Crippen LogP contribution in [0.2, 0.25) is 0 Å². The molecule has 4 nitrogen and oxygen atoms in total. The van der Waals surface area contributed by atoms with Crippen molar-refractivity contribution in [1.29, 1.82) is 0 Å². The molecule has 0 aliphatic carbocycles. The fourth-order valence-corrected chi connectivity index (χ4v) is 2.40. The number of hydrogen-bond donors (Lipinski definition) is 2. The van der Waals surface area contributed by atoms with E-state index >= 15 is 0 Å². The van der Waals surface area contributed by atoms with Crippen molar-refractivity contribution in [2.75, 3.05) is 0 Å². The molecule has 0 radical (unpaired) electrons. The van der Waals surface area contributed by atoms with Crippen molar-refractivity contribution in [2.45, 2.75) is 13.5 Å². The van der Waals surface area contributed by atoms with Crippen LogP contribution in [0.25, 0.3) is 0 Å². The van der Waals surface area contributed by atoms with Gasteiger partial charge in [0.1, 0.15) is 23.7 Å². The second kappa shape index (κ2) is 5.96. The van der Waals surface area contributed by atoms with Crippen molar-refractivity contribution in [3.05, 3.63) is 57.6 Å². The van der Waals surface area contributed by atoms with Gasteiger partial charge >= 0.3 is 5.97 Å². The van der Waals surface area contributed by atoms with Crippen molar-refractivity contribution < 1.29 is 19.7 Å². The van der Waals surface area contributed by atoms with Gasteiger partial charge in [-0.15, -0.1) is 0 Å². The molecule has 2 N–H and O–H groups in total.